The molecule has 3 aromatic rings. The van der Waals surface area contributed by atoms with Gasteiger partial charge in [0.2, 0.25) is 0 Å². The summed E-state index contributed by atoms with van der Waals surface area (Å²) < 4.78 is 6.98. The Hall–Kier alpha value is -2.89. The topological polar surface area (TPSA) is 64.2 Å². The first kappa shape index (κ1) is 15.0. The Bertz CT molecular complexity index is 790. The Morgan fingerprint density at radius 2 is 2.00 bits per heavy atom. The molecule has 1 aromatic carbocycles. The van der Waals surface area contributed by atoms with Crippen molar-refractivity contribution < 1.29 is 9.21 Å². The predicted octanol–water partition coefficient (Wildman–Crippen LogP) is 3.00. The fourth-order valence-electron chi connectivity index (χ4n) is 2.40. The maximum absolute atomic E-state index is 12.5. The number of carbonyl (C=O) groups is 1. The van der Waals surface area contributed by atoms with Crippen LogP contribution in [0.5, 0.6) is 0 Å². The maximum atomic E-state index is 12.5. The van der Waals surface area contributed by atoms with E-state index >= 15 is 0 Å². The molecule has 1 atom stereocenters. The lowest BCUT2D eigenvalue weighted by molar-refractivity contribution is 0.0709. The molecule has 0 spiro atoms. The molecule has 6 heteroatoms. The van der Waals surface area contributed by atoms with Gasteiger partial charge in [0, 0.05) is 12.6 Å². The highest BCUT2D eigenvalue weighted by Gasteiger charge is 2.22. The summed E-state index contributed by atoms with van der Waals surface area (Å²) in [7, 11) is 1.78. The summed E-state index contributed by atoms with van der Waals surface area (Å²) in [6.07, 6.45) is 4.68. The average molecular weight is 310 g/mol. The van der Waals surface area contributed by atoms with Crippen LogP contribution >= 0.6 is 0 Å². The highest BCUT2D eigenvalue weighted by molar-refractivity contribution is 5.92. The van der Waals surface area contributed by atoms with Crippen molar-refractivity contribution in [3.8, 4) is 5.69 Å². The second-order valence-electron chi connectivity index (χ2n) is 5.46. The van der Waals surface area contributed by atoms with Gasteiger partial charge in [-0.1, -0.05) is 12.1 Å². The zero-order chi connectivity index (χ0) is 16.4. The lowest BCUT2D eigenvalue weighted by atomic mass is 10.1. The summed E-state index contributed by atoms with van der Waals surface area (Å²) in [5.41, 5.74) is 2.80. The third-order valence-corrected chi connectivity index (χ3v) is 4.02. The molecule has 0 aliphatic heterocycles. The van der Waals surface area contributed by atoms with Gasteiger partial charge in [0.25, 0.3) is 5.91 Å². The van der Waals surface area contributed by atoms with Gasteiger partial charge in [-0.3, -0.25) is 4.79 Å². The zero-order valence-electron chi connectivity index (χ0n) is 13.3. The summed E-state index contributed by atoms with van der Waals surface area (Å²) in [6, 6.07) is 9.60. The number of aromatic nitrogens is 3. The lowest BCUT2D eigenvalue weighted by Gasteiger charge is -2.25. The molecule has 1 unspecified atom stereocenters. The number of nitrogens with zero attached hydrogens (tertiary/aromatic N) is 4. The first-order chi connectivity index (χ1) is 11.1. The van der Waals surface area contributed by atoms with Gasteiger partial charge in [-0.25, -0.2) is 9.67 Å². The molecule has 0 N–H and O–H groups in total. The van der Waals surface area contributed by atoms with Gasteiger partial charge in [0.1, 0.15) is 12.7 Å². The molecule has 3 rings (SSSR count). The van der Waals surface area contributed by atoms with Crippen LogP contribution < -0.4 is 0 Å². The van der Waals surface area contributed by atoms with E-state index in [9.17, 15) is 4.79 Å². The average Bonchev–Trinajstić information content (AvgIpc) is 3.24. The molecule has 2 aromatic heterocycles. The SMILES string of the molecule is Cc1ccoc1C(=O)N(C)C(C)c1ccc(-n2cncn2)cc1. The molecule has 6 nitrogen and oxygen atoms in total. The number of amides is 1. The third kappa shape index (κ3) is 2.88. The van der Waals surface area contributed by atoms with E-state index in [1.165, 1.54) is 12.6 Å². The third-order valence-electron chi connectivity index (χ3n) is 4.02. The van der Waals surface area contributed by atoms with Crippen molar-refractivity contribution >= 4 is 5.91 Å². The molecule has 23 heavy (non-hydrogen) atoms. The van der Waals surface area contributed by atoms with Crippen LogP contribution in [0.15, 0.2) is 53.7 Å². The molecule has 0 aliphatic rings. The van der Waals surface area contributed by atoms with E-state index in [2.05, 4.69) is 10.1 Å². The molecule has 0 radical (unpaired) electrons. The Morgan fingerprint density at radius 3 is 2.57 bits per heavy atom. The van der Waals surface area contributed by atoms with E-state index < -0.39 is 0 Å². The lowest BCUT2D eigenvalue weighted by Crippen LogP contribution is -2.29. The van der Waals surface area contributed by atoms with E-state index in [1.54, 1.807) is 29.0 Å². The van der Waals surface area contributed by atoms with Crippen molar-refractivity contribution in [3.05, 3.63) is 66.1 Å². The van der Waals surface area contributed by atoms with Gasteiger partial charge >= 0.3 is 0 Å². The zero-order valence-corrected chi connectivity index (χ0v) is 13.3. The summed E-state index contributed by atoms with van der Waals surface area (Å²) in [4.78, 5) is 18.1. The monoisotopic (exact) mass is 310 g/mol. The van der Waals surface area contributed by atoms with Gasteiger partial charge in [-0.15, -0.1) is 0 Å². The van der Waals surface area contributed by atoms with Gasteiger partial charge in [-0.2, -0.15) is 5.10 Å². The van der Waals surface area contributed by atoms with Crippen LogP contribution in [0, 0.1) is 6.92 Å². The number of rotatable bonds is 4. The van der Waals surface area contributed by atoms with Crippen LogP contribution in [-0.4, -0.2) is 32.6 Å². The number of aryl methyl sites for hydroxylation is 1. The Balaban J connectivity index is 1.78. The number of furan rings is 1. The predicted molar refractivity (Wildman–Crippen MR) is 85.3 cm³/mol. The van der Waals surface area contributed by atoms with Gasteiger partial charge in [0.05, 0.1) is 18.0 Å². The van der Waals surface area contributed by atoms with Gasteiger partial charge in [-0.05, 0) is 37.6 Å². The van der Waals surface area contributed by atoms with E-state index in [-0.39, 0.29) is 11.9 Å². The second kappa shape index (κ2) is 6.08. The first-order valence-corrected chi connectivity index (χ1v) is 7.34. The van der Waals surface area contributed by atoms with E-state index in [1.807, 2.05) is 38.1 Å². The summed E-state index contributed by atoms with van der Waals surface area (Å²) in [6.45, 7) is 3.85. The fraction of sp³-hybridized carbons (Fsp3) is 0.235. The number of hydrogen-bond donors (Lipinski definition) is 0. The van der Waals surface area contributed by atoms with E-state index in [0.29, 0.717) is 5.76 Å². The van der Waals surface area contributed by atoms with Crippen molar-refractivity contribution in [2.75, 3.05) is 7.05 Å². The minimum Gasteiger partial charge on any atom is -0.459 e. The van der Waals surface area contributed by atoms with Crippen molar-refractivity contribution in [3.63, 3.8) is 0 Å². The van der Waals surface area contributed by atoms with Crippen molar-refractivity contribution in [2.45, 2.75) is 19.9 Å². The maximum Gasteiger partial charge on any atom is 0.290 e. The van der Waals surface area contributed by atoms with Crippen molar-refractivity contribution in [1.29, 1.82) is 0 Å². The van der Waals surface area contributed by atoms with E-state index in [0.717, 1.165) is 16.8 Å². The molecule has 0 bridgehead atoms. The molecule has 0 saturated carbocycles. The van der Waals surface area contributed by atoms with E-state index in [4.69, 9.17) is 4.42 Å². The normalized spacial score (nSPS) is 12.1. The number of benzene rings is 1. The second-order valence-corrected chi connectivity index (χ2v) is 5.46. The molecule has 0 fully saturated rings. The van der Waals surface area contributed by atoms with Crippen LogP contribution in [-0.2, 0) is 0 Å². The Kier molecular flexibility index (Phi) is 3.97. The molecule has 2 heterocycles. The highest BCUT2D eigenvalue weighted by Crippen LogP contribution is 2.23. The van der Waals surface area contributed by atoms with Gasteiger partial charge in [0.15, 0.2) is 5.76 Å². The minimum atomic E-state index is -0.125. The van der Waals surface area contributed by atoms with Crippen LogP contribution in [0.25, 0.3) is 5.69 Å². The molecular formula is C17H18N4O2. The smallest absolute Gasteiger partial charge is 0.290 e. The van der Waals surface area contributed by atoms with Crippen LogP contribution in [0.2, 0.25) is 0 Å². The summed E-state index contributed by atoms with van der Waals surface area (Å²) >= 11 is 0. The molecular weight excluding hydrogens is 292 g/mol. The van der Waals surface area contributed by atoms with Crippen LogP contribution in [0.3, 0.4) is 0 Å². The molecule has 1 amide bonds. The van der Waals surface area contributed by atoms with Crippen molar-refractivity contribution in [1.82, 2.24) is 19.7 Å². The van der Waals surface area contributed by atoms with Crippen LogP contribution in [0.4, 0.5) is 0 Å². The molecule has 118 valence electrons. The highest BCUT2D eigenvalue weighted by atomic mass is 16.3. The largest absolute Gasteiger partial charge is 0.459 e. The summed E-state index contributed by atoms with van der Waals surface area (Å²) in [5.74, 6) is 0.263. The minimum absolute atomic E-state index is 0.0724. The van der Waals surface area contributed by atoms with Crippen LogP contribution in [0.1, 0.15) is 34.6 Å². The number of hydrogen-bond acceptors (Lipinski definition) is 4. The quantitative estimate of drug-likeness (QED) is 0.743. The Labute approximate surface area is 134 Å². The van der Waals surface area contributed by atoms with Gasteiger partial charge < -0.3 is 9.32 Å². The molecule has 0 saturated heterocycles. The Morgan fingerprint density at radius 1 is 1.26 bits per heavy atom. The molecule has 0 aliphatic carbocycles. The first-order valence-electron chi connectivity index (χ1n) is 7.34. The van der Waals surface area contributed by atoms with Crippen molar-refractivity contribution in [2.24, 2.45) is 0 Å². The number of carbonyl (C=O) groups excluding carboxylic acids is 1. The summed E-state index contributed by atoms with van der Waals surface area (Å²) in [5, 5.41) is 4.10. The fourth-order valence-corrected chi connectivity index (χ4v) is 2.40. The standard InChI is InChI=1S/C17H18N4O2/c1-12-8-9-23-16(12)17(22)20(3)13(2)14-4-6-15(7-5-14)21-11-18-10-19-21/h4-11,13H,1-3H3.